The third kappa shape index (κ3) is 2.98. The number of anilines is 2. The smallest absolute Gasteiger partial charge is 0.229 e. The van der Waals surface area contributed by atoms with E-state index in [2.05, 4.69) is 21.2 Å². The summed E-state index contributed by atoms with van der Waals surface area (Å²) in [7, 11) is 0. The first kappa shape index (κ1) is 12.4. The highest BCUT2D eigenvalue weighted by Crippen LogP contribution is 2.26. The average Bonchev–Trinajstić information content (AvgIpc) is 2.69. The summed E-state index contributed by atoms with van der Waals surface area (Å²) in [6.07, 6.45) is 0.943. The van der Waals surface area contributed by atoms with Crippen LogP contribution in [-0.4, -0.2) is 18.6 Å². The van der Waals surface area contributed by atoms with Crippen LogP contribution in [0, 0.1) is 5.92 Å². The van der Waals surface area contributed by atoms with Crippen molar-refractivity contribution in [3.05, 3.63) is 22.7 Å². The molecular formula is C12H15BrN2O2. The summed E-state index contributed by atoms with van der Waals surface area (Å²) in [5.41, 5.74) is 7.04. The fourth-order valence-corrected chi connectivity index (χ4v) is 2.36. The van der Waals surface area contributed by atoms with Gasteiger partial charge in [-0.3, -0.25) is 4.79 Å². The van der Waals surface area contributed by atoms with E-state index in [1.165, 1.54) is 0 Å². The molecule has 1 aromatic rings. The third-order valence-electron chi connectivity index (χ3n) is 2.82. The van der Waals surface area contributed by atoms with E-state index >= 15 is 0 Å². The Morgan fingerprint density at radius 1 is 1.59 bits per heavy atom. The molecule has 1 aliphatic heterocycles. The van der Waals surface area contributed by atoms with Gasteiger partial charge in [-0.25, -0.2) is 0 Å². The van der Waals surface area contributed by atoms with Gasteiger partial charge in [-0.1, -0.05) is 0 Å². The maximum atomic E-state index is 12.0. The van der Waals surface area contributed by atoms with Gasteiger partial charge in [0.15, 0.2) is 0 Å². The largest absolute Gasteiger partial charge is 0.399 e. The number of hydrogen-bond acceptors (Lipinski definition) is 3. The van der Waals surface area contributed by atoms with Crippen molar-refractivity contribution >= 4 is 33.2 Å². The highest BCUT2D eigenvalue weighted by Gasteiger charge is 2.28. The van der Waals surface area contributed by atoms with Gasteiger partial charge >= 0.3 is 0 Å². The molecule has 0 aromatic heterocycles. The number of rotatable bonds is 2. The van der Waals surface area contributed by atoms with Gasteiger partial charge in [0.1, 0.15) is 0 Å². The highest BCUT2D eigenvalue weighted by atomic mass is 79.9. The molecule has 0 radical (unpaired) electrons. The number of hydrogen-bond donors (Lipinski definition) is 2. The van der Waals surface area contributed by atoms with Gasteiger partial charge in [0.25, 0.3) is 0 Å². The van der Waals surface area contributed by atoms with Crippen LogP contribution in [0.25, 0.3) is 0 Å². The molecule has 1 saturated heterocycles. The molecule has 0 bridgehead atoms. The number of carbonyl (C=O) groups is 1. The lowest BCUT2D eigenvalue weighted by atomic mass is 10.1. The van der Waals surface area contributed by atoms with Crippen LogP contribution in [0.2, 0.25) is 0 Å². The molecule has 2 rings (SSSR count). The molecular weight excluding hydrogens is 284 g/mol. The van der Waals surface area contributed by atoms with Gasteiger partial charge in [-0.2, -0.15) is 0 Å². The summed E-state index contributed by atoms with van der Waals surface area (Å²) in [5.74, 6) is -0.0609. The van der Waals surface area contributed by atoms with E-state index in [0.29, 0.717) is 12.3 Å². The molecule has 1 amide bonds. The summed E-state index contributed by atoms with van der Waals surface area (Å²) in [6, 6.07) is 5.31. The zero-order valence-electron chi connectivity index (χ0n) is 9.57. The van der Waals surface area contributed by atoms with Gasteiger partial charge in [0.2, 0.25) is 5.91 Å². The van der Waals surface area contributed by atoms with E-state index in [9.17, 15) is 4.79 Å². The van der Waals surface area contributed by atoms with Gasteiger partial charge in [-0.15, -0.1) is 0 Å². The number of halogens is 1. The van der Waals surface area contributed by atoms with Crippen LogP contribution in [0.5, 0.6) is 0 Å². The quantitative estimate of drug-likeness (QED) is 0.824. The number of nitrogens with two attached hydrogens (primary N) is 1. The number of nitrogens with one attached hydrogen (secondary N) is 1. The van der Waals surface area contributed by atoms with Gasteiger partial charge in [-0.05, 0) is 47.5 Å². The first-order chi connectivity index (χ1) is 8.06. The van der Waals surface area contributed by atoms with Crippen molar-refractivity contribution in [3.63, 3.8) is 0 Å². The van der Waals surface area contributed by atoms with E-state index in [-0.39, 0.29) is 17.9 Å². The van der Waals surface area contributed by atoms with Gasteiger partial charge < -0.3 is 15.8 Å². The van der Waals surface area contributed by atoms with Crippen molar-refractivity contribution < 1.29 is 9.53 Å². The van der Waals surface area contributed by atoms with E-state index in [1.54, 1.807) is 18.2 Å². The number of benzene rings is 1. The zero-order chi connectivity index (χ0) is 12.4. The lowest BCUT2D eigenvalue weighted by molar-refractivity contribution is -0.119. The molecule has 0 aliphatic carbocycles. The number of ether oxygens (including phenoxy) is 1. The Balaban J connectivity index is 2.03. The lowest BCUT2D eigenvalue weighted by Gasteiger charge is -2.11. The second-order valence-corrected chi connectivity index (χ2v) is 5.16. The van der Waals surface area contributed by atoms with Crippen LogP contribution in [0.3, 0.4) is 0 Å². The van der Waals surface area contributed by atoms with Crippen molar-refractivity contribution in [2.45, 2.75) is 19.4 Å². The van der Waals surface area contributed by atoms with E-state index < -0.39 is 0 Å². The van der Waals surface area contributed by atoms with E-state index in [4.69, 9.17) is 10.5 Å². The average molecular weight is 299 g/mol. The monoisotopic (exact) mass is 298 g/mol. The molecule has 92 valence electrons. The summed E-state index contributed by atoms with van der Waals surface area (Å²) < 4.78 is 6.17. The zero-order valence-corrected chi connectivity index (χ0v) is 11.2. The molecule has 1 fully saturated rings. The van der Waals surface area contributed by atoms with Crippen molar-refractivity contribution in [3.8, 4) is 0 Å². The van der Waals surface area contributed by atoms with Crippen LogP contribution in [0.15, 0.2) is 22.7 Å². The molecule has 17 heavy (non-hydrogen) atoms. The Morgan fingerprint density at radius 2 is 2.35 bits per heavy atom. The summed E-state index contributed by atoms with van der Waals surface area (Å²) in [4.78, 5) is 12.0. The standard InChI is InChI=1S/C12H15BrN2O2/c1-7-4-8(6-17-7)12(16)15-11-3-2-9(14)5-10(11)13/h2-3,5,7-8H,4,6,14H2,1H3,(H,15,16). The molecule has 2 unspecified atom stereocenters. The molecule has 0 saturated carbocycles. The molecule has 2 atom stereocenters. The molecule has 5 heteroatoms. The summed E-state index contributed by atoms with van der Waals surface area (Å²) in [5, 5.41) is 2.88. The molecule has 4 nitrogen and oxygen atoms in total. The normalized spacial score (nSPS) is 23.6. The maximum Gasteiger partial charge on any atom is 0.229 e. The van der Waals surface area contributed by atoms with Crippen molar-refractivity contribution in [1.82, 2.24) is 0 Å². The SMILES string of the molecule is CC1CC(C(=O)Nc2ccc(N)cc2Br)CO1. The van der Waals surface area contributed by atoms with Crippen LogP contribution in [0.4, 0.5) is 11.4 Å². The number of carbonyl (C=O) groups excluding carboxylic acids is 1. The van der Waals surface area contributed by atoms with E-state index in [0.717, 1.165) is 16.6 Å². The Hall–Kier alpha value is -1.07. The second-order valence-electron chi connectivity index (χ2n) is 4.31. The highest BCUT2D eigenvalue weighted by molar-refractivity contribution is 9.10. The first-order valence-electron chi connectivity index (χ1n) is 5.53. The molecule has 1 aromatic carbocycles. The minimum Gasteiger partial charge on any atom is -0.399 e. The Bertz CT molecular complexity index is 437. The predicted molar refractivity (Wildman–Crippen MR) is 70.7 cm³/mol. The minimum absolute atomic E-state index is 0.000165. The summed E-state index contributed by atoms with van der Waals surface area (Å²) >= 11 is 3.37. The van der Waals surface area contributed by atoms with Crippen molar-refractivity contribution in [2.75, 3.05) is 17.7 Å². The Kier molecular flexibility index (Phi) is 3.69. The second kappa shape index (κ2) is 5.06. The fourth-order valence-electron chi connectivity index (χ4n) is 1.87. The van der Waals surface area contributed by atoms with Gasteiger partial charge in [0.05, 0.1) is 24.3 Å². The number of nitrogen functional groups attached to an aromatic ring is 1. The summed E-state index contributed by atoms with van der Waals surface area (Å²) in [6.45, 7) is 2.48. The predicted octanol–water partition coefficient (Wildman–Crippen LogP) is 2.39. The van der Waals surface area contributed by atoms with Crippen molar-refractivity contribution in [2.24, 2.45) is 5.92 Å². The minimum atomic E-state index is -0.0607. The van der Waals surface area contributed by atoms with Crippen LogP contribution >= 0.6 is 15.9 Å². The van der Waals surface area contributed by atoms with E-state index in [1.807, 2.05) is 6.92 Å². The third-order valence-corrected chi connectivity index (χ3v) is 3.48. The van der Waals surface area contributed by atoms with Gasteiger partial charge in [0, 0.05) is 10.2 Å². The lowest BCUT2D eigenvalue weighted by Crippen LogP contribution is -2.23. The van der Waals surface area contributed by atoms with Crippen LogP contribution in [-0.2, 0) is 9.53 Å². The first-order valence-corrected chi connectivity index (χ1v) is 6.33. The van der Waals surface area contributed by atoms with Crippen molar-refractivity contribution in [1.29, 1.82) is 0 Å². The molecule has 1 heterocycles. The number of amides is 1. The Morgan fingerprint density at radius 3 is 2.94 bits per heavy atom. The molecule has 0 spiro atoms. The van der Waals surface area contributed by atoms with Crippen LogP contribution in [0.1, 0.15) is 13.3 Å². The molecule has 1 aliphatic rings. The van der Waals surface area contributed by atoms with Crippen LogP contribution < -0.4 is 11.1 Å². The Labute approximate surface area is 109 Å². The maximum absolute atomic E-state index is 12.0. The molecule has 3 N–H and O–H groups in total. The topological polar surface area (TPSA) is 64.4 Å². The fraction of sp³-hybridized carbons (Fsp3) is 0.417.